The van der Waals surface area contributed by atoms with Crippen molar-refractivity contribution in [3.8, 4) is 0 Å². The first-order chi connectivity index (χ1) is 11.5. The van der Waals surface area contributed by atoms with Gasteiger partial charge in [-0.05, 0) is 25.1 Å². The van der Waals surface area contributed by atoms with Crippen LogP contribution in [0.15, 0.2) is 30.1 Å². The molecule has 0 aromatic heterocycles. The molecule has 0 aliphatic carbocycles. The summed E-state index contributed by atoms with van der Waals surface area (Å²) in [6.45, 7) is 4.30. The van der Waals surface area contributed by atoms with Crippen molar-refractivity contribution in [3.05, 3.63) is 35.9 Å². The summed E-state index contributed by atoms with van der Waals surface area (Å²) < 4.78 is 19.5. The molecule has 1 saturated heterocycles. The number of nitrogens with one attached hydrogen (secondary N) is 2. The molecule has 1 aliphatic heterocycles. The van der Waals surface area contributed by atoms with E-state index in [2.05, 4.69) is 10.6 Å². The highest BCUT2D eigenvalue weighted by Crippen LogP contribution is 2.23. The lowest BCUT2D eigenvalue weighted by Gasteiger charge is -2.29. The first-order valence-electron chi connectivity index (χ1n) is 7.72. The van der Waals surface area contributed by atoms with Crippen molar-refractivity contribution in [2.45, 2.75) is 12.3 Å². The van der Waals surface area contributed by atoms with E-state index in [1.165, 1.54) is 12.3 Å². The lowest BCUT2D eigenvalue weighted by atomic mass is 10.2. The van der Waals surface area contributed by atoms with Gasteiger partial charge in [-0.25, -0.2) is 4.39 Å². The van der Waals surface area contributed by atoms with E-state index in [4.69, 9.17) is 22.1 Å². The number of amides is 1. The van der Waals surface area contributed by atoms with Crippen molar-refractivity contribution in [2.75, 3.05) is 43.1 Å². The molecule has 1 aromatic rings. The van der Waals surface area contributed by atoms with Gasteiger partial charge in [0.05, 0.1) is 25.4 Å². The number of hydrogen-bond acceptors (Lipinski definition) is 5. The van der Waals surface area contributed by atoms with Crippen LogP contribution in [-0.4, -0.2) is 44.1 Å². The molecule has 0 bridgehead atoms. The summed E-state index contributed by atoms with van der Waals surface area (Å²) in [4.78, 5) is 13.3. The number of alkyl halides is 1. The van der Waals surface area contributed by atoms with Gasteiger partial charge in [-0.15, -0.1) is 11.6 Å². The summed E-state index contributed by atoms with van der Waals surface area (Å²) in [7, 11) is 0. The first kappa shape index (κ1) is 18.4. The summed E-state index contributed by atoms with van der Waals surface area (Å²) in [6, 6.07) is 4.91. The molecule has 1 aliphatic rings. The zero-order valence-corrected chi connectivity index (χ0v) is 14.3. The Morgan fingerprint density at radius 1 is 1.50 bits per heavy atom. The number of anilines is 2. The number of carbonyl (C=O) groups excluding carboxylic acids is 1. The van der Waals surface area contributed by atoms with Gasteiger partial charge >= 0.3 is 0 Å². The van der Waals surface area contributed by atoms with E-state index in [0.717, 1.165) is 0 Å². The van der Waals surface area contributed by atoms with E-state index in [-0.39, 0.29) is 18.3 Å². The van der Waals surface area contributed by atoms with Crippen molar-refractivity contribution in [3.63, 3.8) is 0 Å². The third-order valence-electron chi connectivity index (χ3n) is 3.55. The van der Waals surface area contributed by atoms with Gasteiger partial charge in [0.1, 0.15) is 11.2 Å². The van der Waals surface area contributed by atoms with E-state index in [1.807, 2.05) is 4.90 Å². The van der Waals surface area contributed by atoms with E-state index in [1.54, 1.807) is 19.1 Å². The first-order valence-corrected chi connectivity index (χ1v) is 8.16. The predicted molar refractivity (Wildman–Crippen MR) is 93.6 cm³/mol. The molecule has 4 N–H and O–H groups in total. The van der Waals surface area contributed by atoms with Crippen LogP contribution in [0.5, 0.6) is 0 Å². The van der Waals surface area contributed by atoms with Gasteiger partial charge in [-0.1, -0.05) is 0 Å². The Kier molecular flexibility index (Phi) is 6.69. The fraction of sp³-hybridized carbons (Fsp3) is 0.438. The molecule has 132 valence electrons. The number of nitrogens with two attached hydrogens (primary N) is 1. The number of morpholine rings is 1. The highest BCUT2D eigenvalue weighted by molar-refractivity contribution is 6.30. The second kappa shape index (κ2) is 8.75. The quantitative estimate of drug-likeness (QED) is 0.675. The molecule has 1 unspecified atom stereocenters. The number of benzene rings is 1. The molecular weight excluding hydrogens is 335 g/mol. The average Bonchev–Trinajstić information content (AvgIpc) is 2.58. The molecule has 1 amide bonds. The minimum Gasteiger partial charge on any atom is -0.399 e. The van der Waals surface area contributed by atoms with Gasteiger partial charge in [0.15, 0.2) is 0 Å². The largest absolute Gasteiger partial charge is 0.399 e. The molecule has 1 fully saturated rings. The van der Waals surface area contributed by atoms with Crippen LogP contribution >= 0.6 is 11.6 Å². The van der Waals surface area contributed by atoms with Crippen LogP contribution in [0.4, 0.5) is 15.8 Å². The smallest absolute Gasteiger partial charge is 0.238 e. The Morgan fingerprint density at radius 3 is 2.83 bits per heavy atom. The molecule has 2 rings (SSSR count). The molecule has 24 heavy (non-hydrogen) atoms. The summed E-state index contributed by atoms with van der Waals surface area (Å²) in [6.07, 6.45) is 1.52. The normalized spacial score (nSPS) is 16.6. The number of halogens is 2. The van der Waals surface area contributed by atoms with Gasteiger partial charge in [0.2, 0.25) is 5.91 Å². The molecule has 1 atom stereocenters. The lowest BCUT2D eigenvalue weighted by molar-refractivity contribution is -0.120. The maximum Gasteiger partial charge on any atom is 0.238 e. The summed E-state index contributed by atoms with van der Waals surface area (Å²) >= 11 is 5.64. The van der Waals surface area contributed by atoms with E-state index in [9.17, 15) is 9.18 Å². The second-order valence-electron chi connectivity index (χ2n) is 5.46. The van der Waals surface area contributed by atoms with Crippen molar-refractivity contribution >= 4 is 28.9 Å². The summed E-state index contributed by atoms with van der Waals surface area (Å²) in [5, 5.41) is 4.88. The van der Waals surface area contributed by atoms with Crippen molar-refractivity contribution in [1.29, 1.82) is 0 Å². The highest BCUT2D eigenvalue weighted by Gasteiger charge is 2.15. The Labute approximate surface area is 145 Å². The van der Waals surface area contributed by atoms with Gasteiger partial charge < -0.3 is 26.0 Å². The fourth-order valence-corrected chi connectivity index (χ4v) is 2.29. The highest BCUT2D eigenvalue weighted by atomic mass is 35.5. The number of carbonyl (C=O) groups is 1. The Morgan fingerprint density at radius 2 is 2.21 bits per heavy atom. The molecule has 0 saturated carbocycles. The monoisotopic (exact) mass is 356 g/mol. The maximum absolute atomic E-state index is 14.3. The number of rotatable bonds is 6. The topological polar surface area (TPSA) is 79.6 Å². The Bertz CT molecular complexity index is 604. The second-order valence-corrected chi connectivity index (χ2v) is 6.12. The van der Waals surface area contributed by atoms with E-state index in [0.29, 0.717) is 43.4 Å². The van der Waals surface area contributed by atoms with Crippen LogP contribution in [0, 0.1) is 5.82 Å². The molecule has 8 heteroatoms. The molecule has 0 spiro atoms. The van der Waals surface area contributed by atoms with Crippen molar-refractivity contribution in [2.24, 2.45) is 5.73 Å². The zero-order chi connectivity index (χ0) is 17.5. The molecule has 1 heterocycles. The Hall–Kier alpha value is -1.99. The zero-order valence-electron chi connectivity index (χ0n) is 13.5. The van der Waals surface area contributed by atoms with Crippen LogP contribution < -0.4 is 21.3 Å². The Balaban J connectivity index is 1.91. The van der Waals surface area contributed by atoms with Crippen LogP contribution in [0.3, 0.4) is 0 Å². The minimum atomic E-state index is -0.618. The molecule has 1 aromatic carbocycles. The molecule has 0 radical (unpaired) electrons. The van der Waals surface area contributed by atoms with Crippen LogP contribution in [-0.2, 0) is 9.53 Å². The molecule has 6 nitrogen and oxygen atoms in total. The number of hydrogen-bond donors (Lipinski definition) is 3. The SMILES string of the molecule is CC(Cl)C(=O)NC/C(N)=C/Nc1ccc(N2CCOCC2)c(F)c1. The number of ether oxygens (including phenoxy) is 1. The van der Waals surface area contributed by atoms with Crippen LogP contribution in [0.2, 0.25) is 0 Å². The van der Waals surface area contributed by atoms with Gasteiger partial charge in [-0.3, -0.25) is 4.79 Å². The van der Waals surface area contributed by atoms with Crippen molar-refractivity contribution < 1.29 is 13.9 Å². The lowest BCUT2D eigenvalue weighted by Crippen LogP contribution is -2.36. The third-order valence-corrected chi connectivity index (χ3v) is 3.75. The fourth-order valence-electron chi connectivity index (χ4n) is 2.21. The van der Waals surface area contributed by atoms with E-state index < -0.39 is 5.38 Å². The third kappa shape index (κ3) is 5.28. The van der Waals surface area contributed by atoms with Crippen LogP contribution in [0.1, 0.15) is 6.92 Å². The maximum atomic E-state index is 14.3. The van der Waals surface area contributed by atoms with Crippen molar-refractivity contribution in [1.82, 2.24) is 5.32 Å². The number of nitrogens with zero attached hydrogens (tertiary/aromatic N) is 1. The summed E-state index contributed by atoms with van der Waals surface area (Å²) in [5.41, 5.74) is 7.31. The van der Waals surface area contributed by atoms with Crippen LogP contribution in [0.25, 0.3) is 0 Å². The van der Waals surface area contributed by atoms with E-state index >= 15 is 0 Å². The molecular formula is C16H22ClFN4O2. The van der Waals surface area contributed by atoms with Gasteiger partial charge in [0, 0.05) is 30.7 Å². The average molecular weight is 357 g/mol. The van der Waals surface area contributed by atoms with Gasteiger partial charge in [-0.2, -0.15) is 0 Å². The van der Waals surface area contributed by atoms with Gasteiger partial charge in [0.25, 0.3) is 0 Å². The summed E-state index contributed by atoms with van der Waals surface area (Å²) in [5.74, 6) is -0.605. The minimum absolute atomic E-state index is 0.164. The predicted octanol–water partition coefficient (Wildman–Crippen LogP) is 1.62. The standard InChI is InChI=1S/C16H22ClFN4O2/c1-11(17)16(23)21-10-12(19)9-20-13-2-3-15(14(18)8-13)22-4-6-24-7-5-22/h2-3,8-9,11,20H,4-7,10,19H2,1H3,(H,21,23)/b12-9-.